The lowest BCUT2D eigenvalue weighted by atomic mass is 10.2. The van der Waals surface area contributed by atoms with E-state index in [0.717, 1.165) is 0 Å². The van der Waals surface area contributed by atoms with Gasteiger partial charge in [0, 0.05) is 5.57 Å². The van der Waals surface area contributed by atoms with Crippen molar-refractivity contribution in [2.24, 2.45) is 0 Å². The molecule has 1 heterocycles. The number of hydrogen-bond acceptors (Lipinski definition) is 3. The molecule has 0 saturated heterocycles. The van der Waals surface area contributed by atoms with Gasteiger partial charge in [-0.3, -0.25) is 0 Å². The predicted octanol–water partition coefficient (Wildman–Crippen LogP) is 3.50. The third-order valence-corrected chi connectivity index (χ3v) is 2.53. The maximum Gasteiger partial charge on any atom is 0.347 e. The summed E-state index contributed by atoms with van der Waals surface area (Å²) in [4.78, 5) is 16.2. The van der Waals surface area contributed by atoms with Crippen molar-refractivity contribution in [1.29, 1.82) is 0 Å². The van der Waals surface area contributed by atoms with Gasteiger partial charge in [-0.1, -0.05) is 49.6 Å². The van der Waals surface area contributed by atoms with Gasteiger partial charge >= 0.3 is 5.63 Å². The highest BCUT2D eigenvalue weighted by atomic mass is 16.4. The minimum Gasteiger partial charge on any atom is -0.403 e. The Morgan fingerprint density at radius 1 is 1.21 bits per heavy atom. The first kappa shape index (κ1) is 12.8. The van der Waals surface area contributed by atoms with Crippen molar-refractivity contribution >= 4 is 16.5 Å². The third kappa shape index (κ3) is 2.77. The fourth-order valence-electron chi connectivity index (χ4n) is 1.61. The molecule has 0 saturated carbocycles. The van der Waals surface area contributed by atoms with E-state index in [-0.39, 0.29) is 5.89 Å². The van der Waals surface area contributed by atoms with E-state index in [1.54, 1.807) is 48.6 Å². The predicted molar refractivity (Wildman–Crippen MR) is 77.8 cm³/mol. The summed E-state index contributed by atoms with van der Waals surface area (Å²) < 4.78 is 5.21. The van der Waals surface area contributed by atoms with Crippen molar-refractivity contribution in [3.63, 3.8) is 0 Å². The number of aromatic nitrogens is 1. The Balaban J connectivity index is 2.59. The Hall–Kier alpha value is -2.68. The van der Waals surface area contributed by atoms with Crippen LogP contribution in [-0.2, 0) is 0 Å². The maximum atomic E-state index is 11.8. The highest BCUT2D eigenvalue weighted by Gasteiger charge is 2.07. The SMILES string of the molecule is C=C/C=C\C=C(/C=C)c1nc2ccccc2c(=O)o1. The lowest BCUT2D eigenvalue weighted by Crippen LogP contribution is -2.04. The molecule has 0 bridgehead atoms. The smallest absolute Gasteiger partial charge is 0.347 e. The largest absolute Gasteiger partial charge is 0.403 e. The molecule has 19 heavy (non-hydrogen) atoms. The second-order valence-corrected chi connectivity index (χ2v) is 3.77. The van der Waals surface area contributed by atoms with Gasteiger partial charge < -0.3 is 4.42 Å². The average molecular weight is 251 g/mol. The van der Waals surface area contributed by atoms with Crippen LogP contribution in [0.2, 0.25) is 0 Å². The summed E-state index contributed by atoms with van der Waals surface area (Å²) in [6.07, 6.45) is 8.55. The molecule has 3 nitrogen and oxygen atoms in total. The van der Waals surface area contributed by atoms with Gasteiger partial charge in [-0.25, -0.2) is 9.78 Å². The fourth-order valence-corrected chi connectivity index (χ4v) is 1.61. The zero-order chi connectivity index (χ0) is 13.7. The van der Waals surface area contributed by atoms with Crippen LogP contribution in [0.5, 0.6) is 0 Å². The number of allylic oxidation sites excluding steroid dienone is 6. The first-order chi connectivity index (χ1) is 9.26. The van der Waals surface area contributed by atoms with Gasteiger partial charge in [0.25, 0.3) is 0 Å². The lowest BCUT2D eigenvalue weighted by Gasteiger charge is -2.01. The lowest BCUT2D eigenvalue weighted by molar-refractivity contribution is 0.487. The van der Waals surface area contributed by atoms with Gasteiger partial charge in [0.1, 0.15) is 0 Å². The van der Waals surface area contributed by atoms with Gasteiger partial charge in [-0.15, -0.1) is 0 Å². The molecule has 0 aliphatic rings. The summed E-state index contributed by atoms with van der Waals surface area (Å²) >= 11 is 0. The standard InChI is InChI=1S/C16H13NO2/c1-3-5-6-9-12(4-2)15-17-14-11-8-7-10-13(14)16(18)19-15/h3-11H,1-2H2/b6-5-,12-9+. The molecule has 1 aromatic heterocycles. The number of fused-ring (bicyclic) bond motifs is 1. The summed E-state index contributed by atoms with van der Waals surface area (Å²) in [5, 5.41) is 0.469. The summed E-state index contributed by atoms with van der Waals surface area (Å²) in [6.45, 7) is 7.28. The van der Waals surface area contributed by atoms with Crippen LogP contribution >= 0.6 is 0 Å². The molecule has 0 atom stereocenters. The zero-order valence-corrected chi connectivity index (χ0v) is 10.4. The molecular weight excluding hydrogens is 238 g/mol. The van der Waals surface area contributed by atoms with Crippen molar-refractivity contribution < 1.29 is 4.42 Å². The highest BCUT2D eigenvalue weighted by Crippen LogP contribution is 2.15. The number of hydrogen-bond donors (Lipinski definition) is 0. The quantitative estimate of drug-likeness (QED) is 0.781. The summed E-state index contributed by atoms with van der Waals surface area (Å²) in [5.74, 6) is 0.257. The molecule has 0 unspecified atom stereocenters. The van der Waals surface area contributed by atoms with Crippen LogP contribution in [0.4, 0.5) is 0 Å². The number of rotatable bonds is 4. The Bertz CT molecular complexity index is 736. The first-order valence-electron chi connectivity index (χ1n) is 5.78. The van der Waals surface area contributed by atoms with Crippen LogP contribution in [0.1, 0.15) is 5.89 Å². The molecule has 0 N–H and O–H groups in total. The molecule has 3 heteroatoms. The number of benzene rings is 1. The van der Waals surface area contributed by atoms with Crippen LogP contribution in [0.25, 0.3) is 16.5 Å². The van der Waals surface area contributed by atoms with E-state index < -0.39 is 5.63 Å². The number of para-hydroxylation sites is 1. The van der Waals surface area contributed by atoms with Gasteiger partial charge in [0.05, 0.1) is 10.9 Å². The van der Waals surface area contributed by atoms with Crippen molar-refractivity contribution in [2.75, 3.05) is 0 Å². The van der Waals surface area contributed by atoms with Gasteiger partial charge in [-0.2, -0.15) is 0 Å². The fraction of sp³-hybridized carbons (Fsp3) is 0. The second kappa shape index (κ2) is 5.78. The van der Waals surface area contributed by atoms with E-state index >= 15 is 0 Å². The monoisotopic (exact) mass is 251 g/mol. The molecular formula is C16H13NO2. The third-order valence-electron chi connectivity index (χ3n) is 2.53. The van der Waals surface area contributed by atoms with Gasteiger partial charge in [0.2, 0.25) is 5.89 Å². The summed E-state index contributed by atoms with van der Waals surface area (Å²) in [7, 11) is 0. The molecule has 2 aromatic rings. The van der Waals surface area contributed by atoms with E-state index in [4.69, 9.17) is 4.42 Å². The van der Waals surface area contributed by atoms with E-state index in [1.165, 1.54) is 0 Å². The minimum absolute atomic E-state index is 0.257. The van der Waals surface area contributed by atoms with E-state index in [0.29, 0.717) is 16.5 Å². The van der Waals surface area contributed by atoms with Crippen LogP contribution in [-0.4, -0.2) is 4.98 Å². The molecule has 0 radical (unpaired) electrons. The Morgan fingerprint density at radius 3 is 2.74 bits per heavy atom. The van der Waals surface area contributed by atoms with Crippen LogP contribution < -0.4 is 5.63 Å². The van der Waals surface area contributed by atoms with Crippen LogP contribution in [0.15, 0.2) is 77.0 Å². The van der Waals surface area contributed by atoms with Crippen LogP contribution in [0, 0.1) is 0 Å². The topological polar surface area (TPSA) is 43.1 Å². The summed E-state index contributed by atoms with van der Waals surface area (Å²) in [6, 6.07) is 7.06. The van der Waals surface area contributed by atoms with E-state index in [9.17, 15) is 4.79 Å². The maximum absolute atomic E-state index is 11.8. The Morgan fingerprint density at radius 2 is 2.00 bits per heavy atom. The summed E-state index contributed by atoms with van der Waals surface area (Å²) in [5.41, 5.74) is 0.844. The molecule has 0 fully saturated rings. The average Bonchev–Trinajstić information content (AvgIpc) is 2.44. The molecule has 0 amide bonds. The molecule has 0 aliphatic heterocycles. The zero-order valence-electron chi connectivity index (χ0n) is 10.4. The van der Waals surface area contributed by atoms with Gasteiger partial charge in [-0.05, 0) is 18.2 Å². The minimum atomic E-state index is -0.402. The second-order valence-electron chi connectivity index (χ2n) is 3.77. The number of nitrogens with zero attached hydrogens (tertiary/aromatic N) is 1. The molecule has 1 aromatic carbocycles. The van der Waals surface area contributed by atoms with Gasteiger partial charge in [0.15, 0.2) is 0 Å². The Labute approximate surface area is 110 Å². The molecule has 0 aliphatic carbocycles. The Kier molecular flexibility index (Phi) is 3.88. The highest BCUT2D eigenvalue weighted by molar-refractivity contribution is 5.79. The molecule has 0 spiro atoms. The van der Waals surface area contributed by atoms with E-state index in [1.807, 2.05) is 6.07 Å². The van der Waals surface area contributed by atoms with E-state index in [2.05, 4.69) is 18.1 Å². The van der Waals surface area contributed by atoms with Crippen LogP contribution in [0.3, 0.4) is 0 Å². The van der Waals surface area contributed by atoms with Crippen molar-refractivity contribution in [3.8, 4) is 0 Å². The first-order valence-corrected chi connectivity index (χ1v) is 5.78. The van der Waals surface area contributed by atoms with Crippen molar-refractivity contribution in [3.05, 3.63) is 84.1 Å². The van der Waals surface area contributed by atoms with Crippen molar-refractivity contribution in [1.82, 2.24) is 4.98 Å². The van der Waals surface area contributed by atoms with Crippen molar-refractivity contribution in [2.45, 2.75) is 0 Å². The molecule has 2 rings (SSSR count). The molecule has 94 valence electrons. The normalized spacial score (nSPS) is 11.9.